The fourth-order valence-corrected chi connectivity index (χ4v) is 4.57. The summed E-state index contributed by atoms with van der Waals surface area (Å²) in [6, 6.07) is 10.4. The van der Waals surface area contributed by atoms with E-state index in [1.165, 1.54) is 40.9 Å². The lowest BCUT2D eigenvalue weighted by Crippen LogP contribution is -2.45. The minimum atomic E-state index is -0.141. The number of hydrogen-bond acceptors (Lipinski definition) is 3. The Morgan fingerprint density at radius 1 is 0.964 bits per heavy atom. The molecular weight excluding hydrogens is 346 g/mol. The molecule has 4 heteroatoms. The number of carbonyl (C=O) groups is 1. The van der Waals surface area contributed by atoms with Gasteiger partial charge in [-0.1, -0.05) is 30.3 Å². The smallest absolute Gasteiger partial charge is 0.238 e. The number of carbonyl (C=O) groups excluding carboxylic acids is 1. The summed E-state index contributed by atoms with van der Waals surface area (Å²) in [5.74, 6) is 0.0502. The van der Waals surface area contributed by atoms with Crippen LogP contribution in [-0.2, 0) is 36.9 Å². The van der Waals surface area contributed by atoms with E-state index in [1.807, 2.05) is 6.07 Å². The lowest BCUT2D eigenvalue weighted by molar-refractivity contribution is -0.115. The first-order chi connectivity index (χ1) is 13.5. The number of hydrogen-bond donors (Lipinski definition) is 2. The molecule has 1 aromatic heterocycles. The highest BCUT2D eigenvalue weighted by atomic mass is 16.1. The van der Waals surface area contributed by atoms with Crippen molar-refractivity contribution in [3.63, 3.8) is 0 Å². The van der Waals surface area contributed by atoms with Crippen molar-refractivity contribution >= 4 is 11.6 Å². The zero-order chi connectivity index (χ0) is 19.6. The largest absolute Gasteiger partial charge is 0.324 e. The van der Waals surface area contributed by atoms with E-state index in [2.05, 4.69) is 48.7 Å². The third kappa shape index (κ3) is 4.27. The summed E-state index contributed by atoms with van der Waals surface area (Å²) in [6.45, 7) is 4.63. The van der Waals surface area contributed by atoms with E-state index < -0.39 is 0 Å². The first-order valence-corrected chi connectivity index (χ1v) is 10.6. The molecule has 1 heterocycles. The van der Waals surface area contributed by atoms with Gasteiger partial charge in [0, 0.05) is 16.9 Å². The van der Waals surface area contributed by atoms with Crippen LogP contribution in [0.2, 0.25) is 0 Å². The number of benzene rings is 1. The van der Waals surface area contributed by atoms with Gasteiger partial charge in [0.2, 0.25) is 5.91 Å². The summed E-state index contributed by atoms with van der Waals surface area (Å²) in [7, 11) is 0. The average molecular weight is 378 g/mol. The molecule has 0 saturated heterocycles. The second-order valence-corrected chi connectivity index (χ2v) is 8.85. The monoisotopic (exact) mass is 377 g/mol. The van der Waals surface area contributed by atoms with Gasteiger partial charge in [-0.25, -0.2) is 0 Å². The maximum atomic E-state index is 12.8. The summed E-state index contributed by atoms with van der Waals surface area (Å²) in [4.78, 5) is 17.7. The number of aryl methyl sites for hydroxylation is 2. The van der Waals surface area contributed by atoms with Crippen LogP contribution in [-0.4, -0.2) is 23.0 Å². The molecule has 0 atom stereocenters. The zero-order valence-corrected chi connectivity index (χ0v) is 17.1. The van der Waals surface area contributed by atoms with Crippen molar-refractivity contribution in [3.8, 4) is 0 Å². The maximum absolute atomic E-state index is 12.8. The van der Waals surface area contributed by atoms with Crippen molar-refractivity contribution in [2.45, 2.75) is 70.8 Å². The van der Waals surface area contributed by atoms with E-state index in [0.717, 1.165) is 44.2 Å². The van der Waals surface area contributed by atoms with Crippen LogP contribution in [0, 0.1) is 0 Å². The van der Waals surface area contributed by atoms with Crippen LogP contribution in [0.25, 0.3) is 0 Å². The summed E-state index contributed by atoms with van der Waals surface area (Å²) >= 11 is 0. The highest BCUT2D eigenvalue weighted by Gasteiger charge is 2.26. The molecule has 0 spiro atoms. The van der Waals surface area contributed by atoms with Crippen LogP contribution < -0.4 is 10.6 Å². The Morgan fingerprint density at radius 2 is 1.61 bits per heavy atom. The summed E-state index contributed by atoms with van der Waals surface area (Å²) in [5.41, 5.74) is 7.25. The minimum absolute atomic E-state index is 0.0502. The normalized spacial score (nSPS) is 15.8. The highest BCUT2D eigenvalue weighted by molar-refractivity contribution is 5.94. The molecule has 28 heavy (non-hydrogen) atoms. The fourth-order valence-electron chi connectivity index (χ4n) is 4.57. The van der Waals surface area contributed by atoms with Crippen molar-refractivity contribution in [2.24, 2.45) is 0 Å². The van der Waals surface area contributed by atoms with Gasteiger partial charge in [0.1, 0.15) is 0 Å². The first kappa shape index (κ1) is 19.1. The molecule has 0 bridgehead atoms. The molecule has 0 fully saturated rings. The minimum Gasteiger partial charge on any atom is -0.324 e. The molecule has 2 aliphatic carbocycles. The molecule has 0 unspecified atom stereocenters. The number of pyridine rings is 1. The van der Waals surface area contributed by atoms with E-state index in [4.69, 9.17) is 4.98 Å². The van der Waals surface area contributed by atoms with Crippen LogP contribution in [0.4, 0.5) is 5.69 Å². The Labute approximate surface area is 168 Å². The van der Waals surface area contributed by atoms with Crippen LogP contribution >= 0.6 is 0 Å². The van der Waals surface area contributed by atoms with Gasteiger partial charge in [-0.2, -0.15) is 0 Å². The first-order valence-electron chi connectivity index (χ1n) is 10.6. The molecule has 1 aromatic carbocycles. The van der Waals surface area contributed by atoms with Gasteiger partial charge in [0.15, 0.2) is 0 Å². The zero-order valence-electron chi connectivity index (χ0n) is 17.1. The third-order valence-electron chi connectivity index (χ3n) is 5.98. The summed E-state index contributed by atoms with van der Waals surface area (Å²) in [5, 5.41) is 6.71. The van der Waals surface area contributed by atoms with Gasteiger partial charge >= 0.3 is 0 Å². The number of nitrogens with one attached hydrogen (secondary N) is 2. The Balaban J connectivity index is 1.44. The molecule has 4 rings (SSSR count). The van der Waals surface area contributed by atoms with Gasteiger partial charge in [0.05, 0.1) is 12.2 Å². The molecular formula is C24H31N3O. The second kappa shape index (κ2) is 8.04. The molecule has 0 saturated carbocycles. The second-order valence-electron chi connectivity index (χ2n) is 8.85. The van der Waals surface area contributed by atoms with E-state index in [-0.39, 0.29) is 11.4 Å². The Kier molecular flexibility index (Phi) is 5.49. The van der Waals surface area contributed by atoms with Crippen molar-refractivity contribution < 1.29 is 4.79 Å². The lowest BCUT2D eigenvalue weighted by Gasteiger charge is -2.27. The van der Waals surface area contributed by atoms with Gasteiger partial charge in [0.25, 0.3) is 0 Å². The molecule has 2 aromatic rings. The fraction of sp³-hybridized carbons (Fsp3) is 0.500. The van der Waals surface area contributed by atoms with Gasteiger partial charge in [-0.15, -0.1) is 0 Å². The predicted octanol–water partition coefficient (Wildman–Crippen LogP) is 4.00. The van der Waals surface area contributed by atoms with E-state index in [9.17, 15) is 4.79 Å². The number of rotatable bonds is 6. The number of aromatic nitrogens is 1. The van der Waals surface area contributed by atoms with Crippen molar-refractivity contribution in [3.05, 3.63) is 58.4 Å². The van der Waals surface area contributed by atoms with Gasteiger partial charge in [-0.3, -0.25) is 9.78 Å². The Hall–Kier alpha value is -2.20. The Bertz CT molecular complexity index is 858. The van der Waals surface area contributed by atoms with E-state index in [1.54, 1.807) is 0 Å². The molecule has 2 N–H and O–H groups in total. The molecule has 2 aliphatic rings. The van der Waals surface area contributed by atoms with Crippen molar-refractivity contribution in [1.82, 2.24) is 10.3 Å². The lowest BCUT2D eigenvalue weighted by atomic mass is 9.92. The Morgan fingerprint density at radius 3 is 2.36 bits per heavy atom. The van der Waals surface area contributed by atoms with Crippen LogP contribution in [0.5, 0.6) is 0 Å². The number of amides is 1. The SMILES string of the molecule is CC(C)(Cc1ccccc1)NCC(=O)Nc1c2c(nc3c1CCC3)CCCC2. The standard InChI is InChI=1S/C24H31N3O/c1-24(2,15-17-9-4-3-5-10-17)25-16-22(28)27-23-18-11-6-7-13-20(18)26-21-14-8-12-19(21)23/h3-5,9-10,25H,6-8,11-16H2,1-2H3,(H,26,27,28). The van der Waals surface area contributed by atoms with Crippen molar-refractivity contribution in [1.29, 1.82) is 0 Å². The third-order valence-corrected chi connectivity index (χ3v) is 5.98. The molecule has 0 aliphatic heterocycles. The van der Waals surface area contributed by atoms with Crippen LogP contribution in [0.1, 0.15) is 61.2 Å². The predicted molar refractivity (Wildman–Crippen MR) is 114 cm³/mol. The van der Waals surface area contributed by atoms with Crippen molar-refractivity contribution in [2.75, 3.05) is 11.9 Å². The number of fused-ring (bicyclic) bond motifs is 2. The van der Waals surface area contributed by atoms with E-state index in [0.29, 0.717) is 6.54 Å². The molecule has 0 radical (unpaired) electrons. The molecule has 148 valence electrons. The van der Waals surface area contributed by atoms with Crippen LogP contribution in [0.15, 0.2) is 30.3 Å². The van der Waals surface area contributed by atoms with Crippen LogP contribution in [0.3, 0.4) is 0 Å². The van der Waals surface area contributed by atoms with E-state index >= 15 is 0 Å². The quantitative estimate of drug-likeness (QED) is 0.800. The summed E-state index contributed by atoms with van der Waals surface area (Å²) in [6.07, 6.45) is 8.62. The number of nitrogens with zero attached hydrogens (tertiary/aromatic N) is 1. The number of anilines is 1. The maximum Gasteiger partial charge on any atom is 0.238 e. The average Bonchev–Trinajstić information content (AvgIpc) is 3.15. The highest BCUT2D eigenvalue weighted by Crippen LogP contribution is 2.35. The molecule has 4 nitrogen and oxygen atoms in total. The summed E-state index contributed by atoms with van der Waals surface area (Å²) < 4.78 is 0. The van der Waals surface area contributed by atoms with Gasteiger partial charge < -0.3 is 10.6 Å². The van der Waals surface area contributed by atoms with Gasteiger partial charge in [-0.05, 0) is 81.9 Å². The topological polar surface area (TPSA) is 54.0 Å². The molecule has 1 amide bonds.